The number of alkyl halides is 1. The number of anilines is 1. The highest BCUT2D eigenvalue weighted by molar-refractivity contribution is 9.08. The van der Waals surface area contributed by atoms with Crippen molar-refractivity contribution in [1.82, 2.24) is 0 Å². The lowest BCUT2D eigenvalue weighted by molar-refractivity contribution is 0.340. The van der Waals surface area contributed by atoms with Crippen molar-refractivity contribution in [3.8, 4) is 5.75 Å². The minimum absolute atomic E-state index is 0.231. The second-order valence-corrected chi connectivity index (χ2v) is 6.59. The Morgan fingerprint density at radius 1 is 1.14 bits per heavy atom. The van der Waals surface area contributed by atoms with Crippen molar-refractivity contribution in [2.24, 2.45) is 0 Å². The molecular weight excluding hydrogens is 354 g/mol. The van der Waals surface area contributed by atoms with Gasteiger partial charge in [-0.15, -0.1) is 0 Å². The molecule has 6 heteroatoms. The summed E-state index contributed by atoms with van der Waals surface area (Å²) in [7, 11) is -3.59. The Morgan fingerprint density at radius 2 is 1.86 bits per heavy atom. The van der Waals surface area contributed by atoms with E-state index in [0.29, 0.717) is 23.4 Å². The topological polar surface area (TPSA) is 55.4 Å². The Balaban J connectivity index is 2.21. The molecule has 0 atom stereocenters. The Labute approximate surface area is 133 Å². The SMILES string of the molecule is CCOc1cccc(NS(=O)(=O)c2ccc(CBr)cc2)c1. The zero-order valence-electron chi connectivity index (χ0n) is 11.5. The van der Waals surface area contributed by atoms with E-state index in [4.69, 9.17) is 4.74 Å². The number of sulfonamides is 1. The third kappa shape index (κ3) is 4.22. The maximum atomic E-state index is 12.3. The average Bonchev–Trinajstić information content (AvgIpc) is 2.47. The zero-order valence-corrected chi connectivity index (χ0v) is 13.9. The van der Waals surface area contributed by atoms with Gasteiger partial charge in [0.1, 0.15) is 5.75 Å². The lowest BCUT2D eigenvalue weighted by Crippen LogP contribution is -2.13. The van der Waals surface area contributed by atoms with Gasteiger partial charge in [0.2, 0.25) is 0 Å². The molecule has 112 valence electrons. The van der Waals surface area contributed by atoms with Crippen LogP contribution in [0.5, 0.6) is 5.75 Å². The molecule has 2 aromatic rings. The molecule has 21 heavy (non-hydrogen) atoms. The van der Waals surface area contributed by atoms with Gasteiger partial charge in [-0.1, -0.05) is 34.1 Å². The van der Waals surface area contributed by atoms with E-state index < -0.39 is 10.0 Å². The average molecular weight is 370 g/mol. The van der Waals surface area contributed by atoms with Crippen LogP contribution in [0.4, 0.5) is 5.69 Å². The number of halogens is 1. The summed E-state index contributed by atoms with van der Waals surface area (Å²) in [5.74, 6) is 0.632. The van der Waals surface area contributed by atoms with Crippen LogP contribution in [0.2, 0.25) is 0 Å². The fraction of sp³-hybridized carbons (Fsp3) is 0.200. The summed E-state index contributed by atoms with van der Waals surface area (Å²) in [5.41, 5.74) is 1.50. The number of rotatable bonds is 6. The molecule has 0 saturated heterocycles. The Bertz CT molecular complexity index is 699. The number of ether oxygens (including phenoxy) is 1. The van der Waals surface area contributed by atoms with Gasteiger partial charge < -0.3 is 4.74 Å². The molecule has 0 radical (unpaired) electrons. The van der Waals surface area contributed by atoms with Crippen LogP contribution in [-0.2, 0) is 15.4 Å². The van der Waals surface area contributed by atoms with Crippen LogP contribution >= 0.6 is 15.9 Å². The first-order valence-electron chi connectivity index (χ1n) is 6.46. The van der Waals surface area contributed by atoms with E-state index in [1.165, 1.54) is 0 Å². The van der Waals surface area contributed by atoms with E-state index in [0.717, 1.165) is 5.56 Å². The summed E-state index contributed by atoms with van der Waals surface area (Å²) in [6.45, 7) is 2.41. The number of nitrogens with one attached hydrogen (secondary N) is 1. The van der Waals surface area contributed by atoms with Gasteiger partial charge in [0.05, 0.1) is 17.2 Å². The number of hydrogen-bond acceptors (Lipinski definition) is 3. The van der Waals surface area contributed by atoms with E-state index in [9.17, 15) is 8.42 Å². The lowest BCUT2D eigenvalue weighted by atomic mass is 10.2. The first-order chi connectivity index (χ1) is 10.0. The van der Waals surface area contributed by atoms with Crippen molar-refractivity contribution in [3.05, 3.63) is 54.1 Å². The van der Waals surface area contributed by atoms with Gasteiger partial charge in [-0.3, -0.25) is 4.72 Å². The highest BCUT2D eigenvalue weighted by Crippen LogP contribution is 2.21. The Kier molecular flexibility index (Phi) is 5.25. The van der Waals surface area contributed by atoms with Crippen molar-refractivity contribution < 1.29 is 13.2 Å². The fourth-order valence-corrected chi connectivity index (χ4v) is 3.21. The highest BCUT2D eigenvalue weighted by Gasteiger charge is 2.14. The van der Waals surface area contributed by atoms with Crippen LogP contribution in [0.3, 0.4) is 0 Å². The first-order valence-corrected chi connectivity index (χ1v) is 9.06. The van der Waals surface area contributed by atoms with E-state index in [2.05, 4.69) is 20.7 Å². The molecule has 0 bridgehead atoms. The van der Waals surface area contributed by atoms with Crippen molar-refractivity contribution in [2.75, 3.05) is 11.3 Å². The molecule has 0 aliphatic carbocycles. The van der Waals surface area contributed by atoms with Crippen molar-refractivity contribution >= 4 is 31.6 Å². The maximum Gasteiger partial charge on any atom is 0.261 e. The van der Waals surface area contributed by atoms with Crippen LogP contribution < -0.4 is 9.46 Å². The second kappa shape index (κ2) is 6.95. The molecule has 2 rings (SSSR count). The minimum atomic E-state index is -3.59. The van der Waals surface area contributed by atoms with Crippen LogP contribution in [0.15, 0.2) is 53.4 Å². The van der Waals surface area contributed by atoms with Gasteiger partial charge in [-0.25, -0.2) is 8.42 Å². The van der Waals surface area contributed by atoms with E-state index >= 15 is 0 Å². The van der Waals surface area contributed by atoms with Gasteiger partial charge >= 0.3 is 0 Å². The van der Waals surface area contributed by atoms with Crippen molar-refractivity contribution in [1.29, 1.82) is 0 Å². The molecule has 0 aliphatic heterocycles. The fourth-order valence-electron chi connectivity index (χ4n) is 1.79. The molecule has 0 fully saturated rings. The van der Waals surface area contributed by atoms with E-state index in [-0.39, 0.29) is 4.90 Å². The molecule has 0 saturated carbocycles. The summed E-state index contributed by atoms with van der Waals surface area (Å²) < 4.78 is 32.5. The van der Waals surface area contributed by atoms with Crippen molar-refractivity contribution in [2.45, 2.75) is 17.1 Å². The van der Waals surface area contributed by atoms with Gasteiger partial charge in [-0.2, -0.15) is 0 Å². The standard InChI is InChI=1S/C15H16BrNO3S/c1-2-20-14-5-3-4-13(10-14)17-21(18,19)15-8-6-12(11-16)7-9-15/h3-10,17H,2,11H2,1H3. The summed E-state index contributed by atoms with van der Waals surface area (Å²) >= 11 is 3.33. The molecule has 0 unspecified atom stereocenters. The normalized spacial score (nSPS) is 11.1. The quantitative estimate of drug-likeness (QED) is 0.788. The zero-order chi connectivity index (χ0) is 15.3. The number of hydrogen-bond donors (Lipinski definition) is 1. The molecule has 0 amide bonds. The van der Waals surface area contributed by atoms with Crippen LogP contribution in [0, 0.1) is 0 Å². The molecule has 0 aliphatic rings. The van der Waals surface area contributed by atoms with E-state index in [1.54, 1.807) is 48.5 Å². The molecule has 0 heterocycles. The van der Waals surface area contributed by atoms with Crippen LogP contribution in [0.1, 0.15) is 12.5 Å². The summed E-state index contributed by atoms with van der Waals surface area (Å²) in [6.07, 6.45) is 0. The molecule has 0 spiro atoms. The third-order valence-electron chi connectivity index (χ3n) is 2.79. The second-order valence-electron chi connectivity index (χ2n) is 4.34. The smallest absolute Gasteiger partial charge is 0.261 e. The molecule has 2 aromatic carbocycles. The molecule has 1 N–H and O–H groups in total. The van der Waals surface area contributed by atoms with E-state index in [1.807, 2.05) is 6.92 Å². The van der Waals surface area contributed by atoms with Crippen LogP contribution in [0.25, 0.3) is 0 Å². The monoisotopic (exact) mass is 369 g/mol. The van der Waals surface area contributed by atoms with Gasteiger partial charge in [0, 0.05) is 11.4 Å². The van der Waals surface area contributed by atoms with Crippen LogP contribution in [-0.4, -0.2) is 15.0 Å². The largest absolute Gasteiger partial charge is 0.494 e. The highest BCUT2D eigenvalue weighted by atomic mass is 79.9. The minimum Gasteiger partial charge on any atom is -0.494 e. The predicted octanol–water partition coefficient (Wildman–Crippen LogP) is 3.78. The van der Waals surface area contributed by atoms with Gasteiger partial charge in [0.15, 0.2) is 0 Å². The third-order valence-corrected chi connectivity index (χ3v) is 4.83. The predicted molar refractivity (Wildman–Crippen MR) is 87.5 cm³/mol. The molecule has 4 nitrogen and oxygen atoms in total. The number of benzene rings is 2. The molecular formula is C15H16BrNO3S. The summed E-state index contributed by atoms with van der Waals surface area (Å²) in [5, 5.41) is 0.692. The summed E-state index contributed by atoms with van der Waals surface area (Å²) in [4.78, 5) is 0.231. The maximum absolute atomic E-state index is 12.3. The Hall–Kier alpha value is -1.53. The molecule has 0 aromatic heterocycles. The summed E-state index contributed by atoms with van der Waals surface area (Å²) in [6, 6.07) is 13.6. The van der Waals surface area contributed by atoms with Gasteiger partial charge in [-0.05, 0) is 36.8 Å². The van der Waals surface area contributed by atoms with Crippen molar-refractivity contribution in [3.63, 3.8) is 0 Å². The first kappa shape index (κ1) is 15.9. The lowest BCUT2D eigenvalue weighted by Gasteiger charge is -2.10. The van der Waals surface area contributed by atoms with Gasteiger partial charge in [0.25, 0.3) is 10.0 Å². The Morgan fingerprint density at radius 3 is 2.48 bits per heavy atom.